The van der Waals surface area contributed by atoms with Crippen LogP contribution in [0.1, 0.15) is 26.7 Å². The fraction of sp³-hybridized carbons (Fsp3) is 0.917. The topological polar surface area (TPSA) is 55.6 Å². The first-order chi connectivity index (χ1) is 7.48. The minimum absolute atomic E-state index is 0.0689. The Balaban J connectivity index is 2.29. The Labute approximate surface area is 98.1 Å². The lowest BCUT2D eigenvalue weighted by Gasteiger charge is -2.25. The molecule has 1 saturated heterocycles. The highest BCUT2D eigenvalue weighted by Crippen LogP contribution is 2.22. The van der Waals surface area contributed by atoms with Gasteiger partial charge in [-0.25, -0.2) is 0 Å². The van der Waals surface area contributed by atoms with Crippen molar-refractivity contribution < 1.29 is 9.53 Å². The summed E-state index contributed by atoms with van der Waals surface area (Å²) in [5.41, 5.74) is 5.89. The van der Waals surface area contributed by atoms with Crippen LogP contribution < -0.4 is 5.73 Å². The predicted octanol–water partition coefficient (Wildman–Crippen LogP) is 0.856. The Morgan fingerprint density at radius 1 is 1.56 bits per heavy atom. The summed E-state index contributed by atoms with van der Waals surface area (Å²) in [5.74, 6) is 0.00609. The Morgan fingerprint density at radius 3 is 2.81 bits per heavy atom. The van der Waals surface area contributed by atoms with Gasteiger partial charge in [0.15, 0.2) is 0 Å². The van der Waals surface area contributed by atoms with E-state index in [0.29, 0.717) is 6.54 Å². The van der Waals surface area contributed by atoms with E-state index in [2.05, 4.69) is 18.7 Å². The molecule has 1 heterocycles. The van der Waals surface area contributed by atoms with Gasteiger partial charge in [0, 0.05) is 6.54 Å². The molecule has 16 heavy (non-hydrogen) atoms. The normalized spacial score (nSPS) is 22.4. The number of carbonyl (C=O) groups is 1. The summed E-state index contributed by atoms with van der Waals surface area (Å²) < 4.78 is 4.76. The van der Waals surface area contributed by atoms with Crippen LogP contribution in [0.15, 0.2) is 0 Å². The fourth-order valence-corrected chi connectivity index (χ4v) is 1.96. The van der Waals surface area contributed by atoms with Crippen LogP contribution in [0.25, 0.3) is 0 Å². The maximum Gasteiger partial charge on any atom is 0.310 e. The van der Waals surface area contributed by atoms with Gasteiger partial charge in [-0.2, -0.15) is 0 Å². The molecule has 1 fully saturated rings. The summed E-state index contributed by atoms with van der Waals surface area (Å²) in [5, 5.41) is 0. The summed E-state index contributed by atoms with van der Waals surface area (Å²) in [6, 6.07) is 0. The van der Waals surface area contributed by atoms with Crippen LogP contribution in [0.2, 0.25) is 0 Å². The molecule has 1 rings (SSSR count). The number of hydrogen-bond acceptors (Lipinski definition) is 4. The van der Waals surface area contributed by atoms with E-state index in [9.17, 15) is 4.79 Å². The van der Waals surface area contributed by atoms with Crippen molar-refractivity contribution in [3.63, 3.8) is 0 Å². The van der Waals surface area contributed by atoms with Crippen LogP contribution in [0, 0.1) is 11.3 Å². The summed E-state index contributed by atoms with van der Waals surface area (Å²) in [4.78, 5) is 13.7. The van der Waals surface area contributed by atoms with Crippen LogP contribution in [0.5, 0.6) is 0 Å². The fourth-order valence-electron chi connectivity index (χ4n) is 1.96. The van der Waals surface area contributed by atoms with E-state index in [4.69, 9.17) is 10.5 Å². The second-order valence-corrected chi connectivity index (χ2v) is 5.43. The third-order valence-corrected chi connectivity index (χ3v) is 3.46. The molecule has 0 amide bonds. The van der Waals surface area contributed by atoms with Crippen molar-refractivity contribution in [3.8, 4) is 0 Å². The van der Waals surface area contributed by atoms with Gasteiger partial charge in [-0.15, -0.1) is 0 Å². The Morgan fingerprint density at radius 2 is 2.25 bits per heavy atom. The maximum atomic E-state index is 11.3. The molecule has 4 nitrogen and oxygen atoms in total. The molecule has 0 bridgehead atoms. The third-order valence-electron chi connectivity index (χ3n) is 3.46. The van der Waals surface area contributed by atoms with E-state index in [1.807, 2.05) is 0 Å². The Bertz CT molecular complexity index is 241. The van der Waals surface area contributed by atoms with E-state index < -0.39 is 0 Å². The molecular weight excluding hydrogens is 204 g/mol. The van der Waals surface area contributed by atoms with E-state index in [-0.39, 0.29) is 17.3 Å². The number of rotatable bonds is 5. The lowest BCUT2D eigenvalue weighted by Crippen LogP contribution is -2.31. The number of nitrogens with two attached hydrogens (primary N) is 1. The van der Waals surface area contributed by atoms with Crippen LogP contribution in [0.4, 0.5) is 0 Å². The number of methoxy groups -OCH3 is 1. The summed E-state index contributed by atoms with van der Waals surface area (Å²) in [6.07, 6.45) is 2.01. The van der Waals surface area contributed by atoms with Crippen molar-refractivity contribution in [2.24, 2.45) is 17.1 Å². The van der Waals surface area contributed by atoms with Gasteiger partial charge in [0.25, 0.3) is 0 Å². The van der Waals surface area contributed by atoms with Gasteiger partial charge in [-0.3, -0.25) is 4.79 Å². The zero-order valence-corrected chi connectivity index (χ0v) is 10.7. The first-order valence-electron chi connectivity index (χ1n) is 5.99. The molecule has 0 aliphatic carbocycles. The number of esters is 1. The summed E-state index contributed by atoms with van der Waals surface area (Å²) in [7, 11) is 1.46. The molecule has 1 aliphatic heterocycles. The van der Waals surface area contributed by atoms with Crippen LogP contribution in [-0.2, 0) is 9.53 Å². The van der Waals surface area contributed by atoms with E-state index in [1.165, 1.54) is 7.11 Å². The van der Waals surface area contributed by atoms with E-state index in [0.717, 1.165) is 32.5 Å². The number of ether oxygens (including phenoxy) is 1. The molecule has 4 heteroatoms. The average molecular weight is 228 g/mol. The highest BCUT2D eigenvalue weighted by atomic mass is 16.5. The van der Waals surface area contributed by atoms with Gasteiger partial charge in [0.05, 0.1) is 13.0 Å². The van der Waals surface area contributed by atoms with E-state index >= 15 is 0 Å². The highest BCUT2D eigenvalue weighted by molar-refractivity contribution is 5.72. The van der Waals surface area contributed by atoms with Gasteiger partial charge < -0.3 is 15.4 Å². The zero-order valence-electron chi connectivity index (χ0n) is 10.7. The molecule has 0 aromatic carbocycles. The first-order valence-corrected chi connectivity index (χ1v) is 5.99. The molecule has 1 atom stereocenters. The SMILES string of the molecule is COC(=O)C1CCN(CCC(C)(C)CN)C1. The number of likely N-dealkylation sites (tertiary alicyclic amines) is 1. The molecule has 0 radical (unpaired) electrons. The van der Waals surface area contributed by atoms with Gasteiger partial charge in [0.1, 0.15) is 0 Å². The molecule has 0 aromatic rings. The number of nitrogens with zero attached hydrogens (tertiary/aromatic N) is 1. The number of carbonyl (C=O) groups excluding carboxylic acids is 1. The molecule has 94 valence electrons. The van der Waals surface area contributed by atoms with Crippen LogP contribution in [-0.4, -0.2) is 44.2 Å². The molecule has 2 N–H and O–H groups in total. The van der Waals surface area contributed by atoms with Gasteiger partial charge in [0.2, 0.25) is 0 Å². The quantitative estimate of drug-likeness (QED) is 0.709. The van der Waals surface area contributed by atoms with Crippen molar-refractivity contribution in [2.45, 2.75) is 26.7 Å². The molecular formula is C12H24N2O2. The number of hydrogen-bond donors (Lipinski definition) is 1. The molecule has 0 saturated carbocycles. The zero-order chi connectivity index (χ0) is 12.2. The van der Waals surface area contributed by atoms with Gasteiger partial charge >= 0.3 is 5.97 Å². The van der Waals surface area contributed by atoms with Crippen molar-refractivity contribution >= 4 is 5.97 Å². The first kappa shape index (κ1) is 13.5. The largest absolute Gasteiger partial charge is 0.469 e. The summed E-state index contributed by atoms with van der Waals surface area (Å²) >= 11 is 0. The Kier molecular flexibility index (Phi) is 4.74. The van der Waals surface area contributed by atoms with Crippen LogP contribution in [0.3, 0.4) is 0 Å². The minimum Gasteiger partial charge on any atom is -0.469 e. The highest BCUT2D eigenvalue weighted by Gasteiger charge is 2.29. The molecule has 1 unspecified atom stereocenters. The average Bonchev–Trinajstić information content (AvgIpc) is 2.74. The van der Waals surface area contributed by atoms with E-state index in [1.54, 1.807) is 0 Å². The second-order valence-electron chi connectivity index (χ2n) is 5.43. The van der Waals surface area contributed by atoms with Gasteiger partial charge in [-0.1, -0.05) is 13.8 Å². The third kappa shape index (κ3) is 3.76. The molecule has 0 aromatic heterocycles. The van der Waals surface area contributed by atoms with Gasteiger partial charge in [-0.05, 0) is 37.9 Å². The minimum atomic E-state index is -0.0689. The van der Waals surface area contributed by atoms with Crippen molar-refractivity contribution in [1.82, 2.24) is 4.90 Å². The molecule has 0 spiro atoms. The van der Waals surface area contributed by atoms with Crippen LogP contribution >= 0.6 is 0 Å². The second kappa shape index (κ2) is 5.64. The lowest BCUT2D eigenvalue weighted by atomic mass is 9.89. The summed E-state index contributed by atoms with van der Waals surface area (Å²) in [6.45, 7) is 7.94. The van der Waals surface area contributed by atoms with Crippen molar-refractivity contribution in [3.05, 3.63) is 0 Å². The van der Waals surface area contributed by atoms with Crippen molar-refractivity contribution in [1.29, 1.82) is 0 Å². The molecule has 1 aliphatic rings. The standard InChI is InChI=1S/C12H24N2O2/c1-12(2,9-13)5-7-14-6-4-10(8-14)11(15)16-3/h10H,4-9,13H2,1-3H3. The maximum absolute atomic E-state index is 11.3. The lowest BCUT2D eigenvalue weighted by molar-refractivity contribution is -0.144. The monoisotopic (exact) mass is 228 g/mol. The van der Waals surface area contributed by atoms with Crippen molar-refractivity contribution in [2.75, 3.05) is 33.3 Å². The Hall–Kier alpha value is -0.610. The predicted molar refractivity (Wildman–Crippen MR) is 64.0 cm³/mol. The smallest absolute Gasteiger partial charge is 0.310 e.